The number of rotatable bonds is 6. The fourth-order valence-corrected chi connectivity index (χ4v) is 4.06. The third kappa shape index (κ3) is 3.13. The highest BCUT2D eigenvalue weighted by Crippen LogP contribution is 2.28. The molecule has 1 N–H and O–H groups in total. The van der Waals surface area contributed by atoms with Crippen LogP contribution in [0.3, 0.4) is 0 Å². The van der Waals surface area contributed by atoms with Gasteiger partial charge in [-0.15, -0.1) is 5.10 Å². The van der Waals surface area contributed by atoms with Crippen molar-refractivity contribution in [3.05, 3.63) is 36.4 Å². The second-order valence-electron chi connectivity index (χ2n) is 7.47. The molecular weight excluding hydrogens is 366 g/mol. The van der Waals surface area contributed by atoms with Crippen LogP contribution in [-0.4, -0.2) is 47.9 Å². The van der Waals surface area contributed by atoms with Crippen LogP contribution in [0.2, 0.25) is 0 Å². The third-order valence-corrected chi connectivity index (χ3v) is 5.62. The van der Waals surface area contributed by atoms with Gasteiger partial charge in [-0.3, -0.25) is 0 Å². The molecule has 0 atom stereocenters. The molecule has 4 aromatic heterocycles. The molecule has 8 heteroatoms. The topological polar surface area (TPSA) is 82.2 Å². The summed E-state index contributed by atoms with van der Waals surface area (Å²) in [5, 5.41) is 8.02. The Bertz CT molecular complexity index is 1170. The van der Waals surface area contributed by atoms with Crippen LogP contribution in [0, 0.1) is 6.92 Å². The maximum absolute atomic E-state index is 5.62. The van der Waals surface area contributed by atoms with Gasteiger partial charge in [0.25, 0.3) is 0 Å². The minimum Gasteiger partial charge on any atom is -0.378 e. The minimum atomic E-state index is 0.362. The summed E-state index contributed by atoms with van der Waals surface area (Å²) in [6.07, 6.45) is 6.18. The summed E-state index contributed by atoms with van der Waals surface area (Å²) in [6, 6.07) is 6.46. The molecule has 0 unspecified atom stereocenters. The van der Waals surface area contributed by atoms with Gasteiger partial charge in [-0.2, -0.15) is 0 Å². The van der Waals surface area contributed by atoms with E-state index in [1.54, 1.807) is 0 Å². The van der Waals surface area contributed by atoms with E-state index in [1.165, 1.54) is 0 Å². The smallest absolute Gasteiger partial charge is 0.241 e. The van der Waals surface area contributed by atoms with Gasteiger partial charge in [0.2, 0.25) is 5.95 Å². The Hall–Kier alpha value is -3.00. The third-order valence-electron chi connectivity index (χ3n) is 5.62. The lowest BCUT2D eigenvalue weighted by Gasteiger charge is -2.35. The number of pyridine rings is 1. The van der Waals surface area contributed by atoms with E-state index in [0.717, 1.165) is 59.8 Å². The Morgan fingerprint density at radius 1 is 1.17 bits per heavy atom. The van der Waals surface area contributed by atoms with Gasteiger partial charge in [-0.05, 0) is 51.8 Å². The molecule has 1 fully saturated rings. The molecule has 0 spiro atoms. The van der Waals surface area contributed by atoms with E-state index in [2.05, 4.69) is 31.9 Å². The summed E-state index contributed by atoms with van der Waals surface area (Å²) in [5.41, 5.74) is 4.68. The molecule has 1 saturated carbocycles. The summed E-state index contributed by atoms with van der Waals surface area (Å²) >= 11 is 0. The van der Waals surface area contributed by atoms with Crippen molar-refractivity contribution in [1.29, 1.82) is 0 Å². The number of fused-ring (bicyclic) bond motifs is 2. The molecule has 0 saturated heterocycles. The van der Waals surface area contributed by atoms with Crippen molar-refractivity contribution in [2.75, 3.05) is 11.9 Å². The van der Waals surface area contributed by atoms with Crippen molar-refractivity contribution in [2.24, 2.45) is 0 Å². The van der Waals surface area contributed by atoms with Crippen molar-refractivity contribution >= 4 is 22.6 Å². The van der Waals surface area contributed by atoms with Crippen LogP contribution in [0.1, 0.15) is 32.5 Å². The second kappa shape index (κ2) is 7.11. The first-order valence-corrected chi connectivity index (χ1v) is 10.2. The average molecular weight is 391 g/mol. The van der Waals surface area contributed by atoms with Crippen LogP contribution in [0.5, 0.6) is 0 Å². The zero-order chi connectivity index (χ0) is 20.0. The average Bonchev–Trinajstić information content (AvgIpc) is 3.25. The first-order chi connectivity index (χ1) is 14.2. The van der Waals surface area contributed by atoms with Crippen molar-refractivity contribution in [2.45, 2.75) is 52.3 Å². The minimum absolute atomic E-state index is 0.362. The molecule has 0 radical (unpaired) electrons. The number of nitrogens with zero attached hydrogens (tertiary/aromatic N) is 6. The molecule has 0 amide bonds. The zero-order valence-electron chi connectivity index (χ0n) is 17.0. The number of nitrogens with one attached hydrogen (secondary N) is 1. The number of ether oxygens (including phenoxy) is 1. The van der Waals surface area contributed by atoms with Gasteiger partial charge >= 0.3 is 0 Å². The molecule has 29 heavy (non-hydrogen) atoms. The first kappa shape index (κ1) is 18.1. The standard InChI is InChI=1S/C21H25N7O/c1-4-27-13(3)23-18-7-6-17(25-20(18)27)16-8-9-28-19(16)12-22-21(26-28)24-14-10-15(11-14)29-5-2/h6-9,12,14-15H,4-5,10-11H2,1-3H3,(H,24,26). The van der Waals surface area contributed by atoms with E-state index in [-0.39, 0.29) is 0 Å². The molecular formula is C21H25N7O. The van der Waals surface area contributed by atoms with E-state index in [1.807, 2.05) is 49.0 Å². The molecule has 0 bridgehead atoms. The molecule has 4 aromatic rings. The number of hydrogen-bond acceptors (Lipinski definition) is 6. The van der Waals surface area contributed by atoms with E-state index in [0.29, 0.717) is 18.1 Å². The number of anilines is 1. The molecule has 5 rings (SSSR count). The Morgan fingerprint density at radius 2 is 2.03 bits per heavy atom. The fourth-order valence-electron chi connectivity index (χ4n) is 4.06. The predicted molar refractivity (Wildman–Crippen MR) is 112 cm³/mol. The molecule has 4 heterocycles. The number of aromatic nitrogens is 6. The Morgan fingerprint density at radius 3 is 2.83 bits per heavy atom. The summed E-state index contributed by atoms with van der Waals surface area (Å²) in [5.74, 6) is 1.62. The van der Waals surface area contributed by atoms with E-state index in [9.17, 15) is 0 Å². The van der Waals surface area contributed by atoms with E-state index in [4.69, 9.17) is 9.72 Å². The highest BCUT2D eigenvalue weighted by atomic mass is 16.5. The van der Waals surface area contributed by atoms with E-state index < -0.39 is 0 Å². The fraction of sp³-hybridized carbons (Fsp3) is 0.429. The van der Waals surface area contributed by atoms with Gasteiger partial charge in [-0.1, -0.05) is 0 Å². The van der Waals surface area contributed by atoms with Crippen LogP contribution in [0.4, 0.5) is 5.95 Å². The highest BCUT2D eigenvalue weighted by Gasteiger charge is 2.30. The SMILES string of the molecule is CCOC1CC(Nc2ncc3c(-c4ccc5nc(C)n(CC)c5n4)ccn3n2)C1. The maximum atomic E-state index is 5.62. The summed E-state index contributed by atoms with van der Waals surface area (Å²) in [6.45, 7) is 7.77. The van der Waals surface area contributed by atoms with Crippen molar-refractivity contribution < 1.29 is 4.74 Å². The Kier molecular flexibility index (Phi) is 4.43. The summed E-state index contributed by atoms with van der Waals surface area (Å²) in [7, 11) is 0. The Balaban J connectivity index is 1.42. The van der Waals surface area contributed by atoms with Gasteiger partial charge in [0, 0.05) is 31.0 Å². The van der Waals surface area contributed by atoms with Crippen LogP contribution in [-0.2, 0) is 11.3 Å². The Labute approximate surface area is 168 Å². The molecule has 0 aliphatic heterocycles. The lowest BCUT2D eigenvalue weighted by molar-refractivity contribution is 0.00283. The van der Waals surface area contributed by atoms with Gasteiger partial charge in [-0.25, -0.2) is 19.5 Å². The first-order valence-electron chi connectivity index (χ1n) is 10.2. The molecule has 150 valence electrons. The van der Waals surface area contributed by atoms with Gasteiger partial charge in [0.05, 0.1) is 23.5 Å². The molecule has 8 nitrogen and oxygen atoms in total. The number of hydrogen-bond donors (Lipinski definition) is 1. The summed E-state index contributed by atoms with van der Waals surface area (Å²) in [4.78, 5) is 14.0. The normalized spacial score (nSPS) is 19.0. The largest absolute Gasteiger partial charge is 0.378 e. The van der Waals surface area contributed by atoms with Crippen LogP contribution < -0.4 is 5.32 Å². The predicted octanol–water partition coefficient (Wildman–Crippen LogP) is 3.45. The number of imidazole rings is 1. The lowest BCUT2D eigenvalue weighted by atomic mass is 9.89. The summed E-state index contributed by atoms with van der Waals surface area (Å²) < 4.78 is 9.61. The quantitative estimate of drug-likeness (QED) is 0.542. The van der Waals surface area contributed by atoms with Crippen molar-refractivity contribution in [3.8, 4) is 11.3 Å². The van der Waals surface area contributed by atoms with E-state index >= 15 is 0 Å². The van der Waals surface area contributed by atoms with Gasteiger partial charge in [0.15, 0.2) is 5.65 Å². The highest BCUT2D eigenvalue weighted by molar-refractivity contribution is 5.82. The van der Waals surface area contributed by atoms with Crippen LogP contribution in [0.25, 0.3) is 27.9 Å². The van der Waals surface area contributed by atoms with Crippen LogP contribution >= 0.6 is 0 Å². The second-order valence-corrected chi connectivity index (χ2v) is 7.47. The van der Waals surface area contributed by atoms with Gasteiger partial charge < -0.3 is 14.6 Å². The van der Waals surface area contributed by atoms with Gasteiger partial charge in [0.1, 0.15) is 11.3 Å². The molecule has 1 aliphatic carbocycles. The van der Waals surface area contributed by atoms with Crippen molar-refractivity contribution in [3.63, 3.8) is 0 Å². The number of aryl methyl sites for hydroxylation is 2. The maximum Gasteiger partial charge on any atom is 0.241 e. The molecule has 0 aromatic carbocycles. The van der Waals surface area contributed by atoms with Crippen molar-refractivity contribution in [1.82, 2.24) is 29.1 Å². The molecule has 1 aliphatic rings. The monoisotopic (exact) mass is 391 g/mol. The lowest BCUT2D eigenvalue weighted by Crippen LogP contribution is -2.41. The zero-order valence-corrected chi connectivity index (χ0v) is 17.0. The van der Waals surface area contributed by atoms with Crippen LogP contribution in [0.15, 0.2) is 30.6 Å².